The van der Waals surface area contributed by atoms with Crippen molar-refractivity contribution in [2.75, 3.05) is 22.2 Å². The summed E-state index contributed by atoms with van der Waals surface area (Å²) >= 11 is 1.25. The maximum Gasteiger partial charge on any atom is 0.237 e. The summed E-state index contributed by atoms with van der Waals surface area (Å²) in [6.45, 7) is 0. The van der Waals surface area contributed by atoms with Gasteiger partial charge in [0.25, 0.3) is 0 Å². The summed E-state index contributed by atoms with van der Waals surface area (Å²) in [4.78, 5) is 18.3. The number of amides is 1. The number of para-hydroxylation sites is 1. The SMILES string of the molecule is O=C(CSc1ncn[nH]1)N(c1ccccc1)C1CCS(=O)(=O)C1. The molecule has 1 amide bonds. The molecule has 1 aromatic heterocycles. The van der Waals surface area contributed by atoms with Crippen LogP contribution < -0.4 is 4.90 Å². The molecule has 0 radical (unpaired) electrons. The van der Waals surface area contributed by atoms with E-state index in [-0.39, 0.29) is 29.2 Å². The maximum absolute atomic E-state index is 12.7. The number of anilines is 1. The van der Waals surface area contributed by atoms with Gasteiger partial charge in [0.15, 0.2) is 15.0 Å². The first kappa shape index (κ1) is 16.0. The Hall–Kier alpha value is -1.87. The molecule has 0 aliphatic carbocycles. The van der Waals surface area contributed by atoms with Crippen LogP contribution in [0.15, 0.2) is 41.8 Å². The van der Waals surface area contributed by atoms with Crippen LogP contribution in [0.1, 0.15) is 6.42 Å². The molecule has 1 aromatic carbocycles. The molecule has 3 rings (SSSR count). The van der Waals surface area contributed by atoms with Gasteiger partial charge in [-0.1, -0.05) is 30.0 Å². The number of H-pyrrole nitrogens is 1. The summed E-state index contributed by atoms with van der Waals surface area (Å²) in [6, 6.07) is 8.86. The highest BCUT2D eigenvalue weighted by Gasteiger charge is 2.35. The van der Waals surface area contributed by atoms with Crippen LogP contribution in [0.2, 0.25) is 0 Å². The summed E-state index contributed by atoms with van der Waals surface area (Å²) in [5.41, 5.74) is 0.720. The van der Waals surface area contributed by atoms with Gasteiger partial charge >= 0.3 is 0 Å². The maximum atomic E-state index is 12.7. The van der Waals surface area contributed by atoms with Crippen LogP contribution >= 0.6 is 11.8 Å². The summed E-state index contributed by atoms with van der Waals surface area (Å²) in [5.74, 6) is 0.171. The van der Waals surface area contributed by atoms with Crippen LogP contribution in [-0.4, -0.2) is 52.8 Å². The monoisotopic (exact) mass is 352 g/mol. The molecule has 1 atom stereocenters. The number of carbonyl (C=O) groups excluding carboxylic acids is 1. The van der Waals surface area contributed by atoms with Crippen molar-refractivity contribution < 1.29 is 13.2 Å². The number of thioether (sulfide) groups is 1. The van der Waals surface area contributed by atoms with Crippen LogP contribution in [-0.2, 0) is 14.6 Å². The van der Waals surface area contributed by atoms with Gasteiger partial charge < -0.3 is 4.90 Å². The fourth-order valence-corrected chi connectivity index (χ4v) is 4.93. The highest BCUT2D eigenvalue weighted by Crippen LogP contribution is 2.26. The number of hydrogen-bond donors (Lipinski definition) is 1. The Kier molecular flexibility index (Phi) is 4.67. The van der Waals surface area contributed by atoms with E-state index in [2.05, 4.69) is 15.2 Å². The lowest BCUT2D eigenvalue weighted by Crippen LogP contribution is -2.42. The van der Waals surface area contributed by atoms with E-state index < -0.39 is 9.84 Å². The number of rotatable bonds is 5. The van der Waals surface area contributed by atoms with Gasteiger partial charge in [0.1, 0.15) is 6.33 Å². The number of benzene rings is 1. The normalized spacial score (nSPS) is 19.6. The second kappa shape index (κ2) is 6.71. The minimum Gasteiger partial charge on any atom is -0.308 e. The molecular formula is C14H16N4O3S2. The van der Waals surface area contributed by atoms with E-state index in [0.29, 0.717) is 11.6 Å². The van der Waals surface area contributed by atoms with Crippen molar-refractivity contribution in [2.45, 2.75) is 17.6 Å². The molecular weight excluding hydrogens is 336 g/mol. The van der Waals surface area contributed by atoms with Crippen molar-refractivity contribution in [1.29, 1.82) is 0 Å². The first-order valence-corrected chi connectivity index (χ1v) is 9.91. The topological polar surface area (TPSA) is 96.0 Å². The summed E-state index contributed by atoms with van der Waals surface area (Å²) in [7, 11) is -3.07. The zero-order valence-corrected chi connectivity index (χ0v) is 13.9. The van der Waals surface area contributed by atoms with E-state index >= 15 is 0 Å². The standard InChI is InChI=1S/C14H16N4O3S2/c19-13(8-22-14-15-10-16-17-14)18(11-4-2-1-3-5-11)12-6-7-23(20,21)9-12/h1-5,10,12H,6-9H2,(H,15,16,17). The van der Waals surface area contributed by atoms with Gasteiger partial charge in [-0.25, -0.2) is 13.4 Å². The Labute approximate surface area is 138 Å². The predicted octanol–water partition coefficient (Wildman–Crippen LogP) is 1.12. The Balaban J connectivity index is 1.79. The van der Waals surface area contributed by atoms with Gasteiger partial charge in [-0.15, -0.1) is 0 Å². The Bertz CT molecular complexity index is 763. The average Bonchev–Trinajstić information content (AvgIpc) is 3.16. The lowest BCUT2D eigenvalue weighted by Gasteiger charge is -2.28. The number of sulfone groups is 1. The molecule has 23 heavy (non-hydrogen) atoms. The average molecular weight is 352 g/mol. The molecule has 1 unspecified atom stereocenters. The van der Waals surface area contributed by atoms with Crippen LogP contribution in [0.5, 0.6) is 0 Å². The van der Waals surface area contributed by atoms with E-state index in [1.54, 1.807) is 4.90 Å². The molecule has 122 valence electrons. The largest absolute Gasteiger partial charge is 0.308 e. The number of carbonyl (C=O) groups is 1. The molecule has 1 aliphatic rings. The van der Waals surface area contributed by atoms with Crippen LogP contribution in [0, 0.1) is 0 Å². The summed E-state index contributed by atoms with van der Waals surface area (Å²) in [5, 5.41) is 6.99. The van der Waals surface area contributed by atoms with Gasteiger partial charge in [-0.05, 0) is 18.6 Å². The molecule has 9 heteroatoms. The summed E-state index contributed by atoms with van der Waals surface area (Å²) < 4.78 is 23.6. The van der Waals surface area contributed by atoms with E-state index in [1.165, 1.54) is 18.1 Å². The Morgan fingerprint density at radius 3 is 2.74 bits per heavy atom. The number of nitrogens with zero attached hydrogens (tertiary/aromatic N) is 3. The third kappa shape index (κ3) is 3.91. The zero-order chi connectivity index (χ0) is 16.3. The number of hydrogen-bond acceptors (Lipinski definition) is 6. The van der Waals surface area contributed by atoms with Crippen LogP contribution in [0.3, 0.4) is 0 Å². The molecule has 0 saturated carbocycles. The van der Waals surface area contributed by atoms with Crippen molar-refractivity contribution in [2.24, 2.45) is 0 Å². The van der Waals surface area contributed by atoms with E-state index in [0.717, 1.165) is 5.69 Å². The van der Waals surface area contributed by atoms with Gasteiger partial charge in [-0.3, -0.25) is 9.89 Å². The highest BCUT2D eigenvalue weighted by molar-refractivity contribution is 7.99. The van der Waals surface area contributed by atoms with Gasteiger partial charge in [0.2, 0.25) is 5.91 Å². The molecule has 2 heterocycles. The van der Waals surface area contributed by atoms with Crippen molar-refractivity contribution in [3.8, 4) is 0 Å². The minimum atomic E-state index is -3.07. The lowest BCUT2D eigenvalue weighted by molar-refractivity contribution is -0.116. The molecule has 2 aromatic rings. The molecule has 1 N–H and O–H groups in total. The van der Waals surface area contributed by atoms with Crippen molar-refractivity contribution >= 4 is 33.2 Å². The lowest BCUT2D eigenvalue weighted by atomic mass is 10.2. The smallest absolute Gasteiger partial charge is 0.237 e. The molecule has 1 aliphatic heterocycles. The Morgan fingerprint density at radius 2 is 2.13 bits per heavy atom. The molecule has 1 saturated heterocycles. The van der Waals surface area contributed by atoms with E-state index in [9.17, 15) is 13.2 Å². The molecule has 1 fully saturated rings. The van der Waals surface area contributed by atoms with Crippen LogP contribution in [0.4, 0.5) is 5.69 Å². The number of nitrogens with one attached hydrogen (secondary N) is 1. The van der Waals surface area contributed by atoms with Crippen molar-refractivity contribution in [3.63, 3.8) is 0 Å². The highest BCUT2D eigenvalue weighted by atomic mass is 32.2. The van der Waals surface area contributed by atoms with Crippen molar-refractivity contribution in [3.05, 3.63) is 36.7 Å². The van der Waals surface area contributed by atoms with E-state index in [1.807, 2.05) is 30.3 Å². The zero-order valence-electron chi connectivity index (χ0n) is 12.3. The van der Waals surface area contributed by atoms with Gasteiger partial charge in [0.05, 0.1) is 23.3 Å². The first-order valence-electron chi connectivity index (χ1n) is 7.11. The minimum absolute atomic E-state index is 0.0145. The van der Waals surface area contributed by atoms with Gasteiger partial charge in [0, 0.05) is 5.69 Å². The number of aromatic amines is 1. The van der Waals surface area contributed by atoms with E-state index in [4.69, 9.17) is 0 Å². The second-order valence-electron chi connectivity index (χ2n) is 5.24. The van der Waals surface area contributed by atoms with Gasteiger partial charge in [-0.2, -0.15) is 5.10 Å². The fraction of sp³-hybridized carbons (Fsp3) is 0.357. The summed E-state index contributed by atoms with van der Waals surface area (Å²) in [6.07, 6.45) is 1.85. The molecule has 0 bridgehead atoms. The predicted molar refractivity (Wildman–Crippen MR) is 88.1 cm³/mol. The first-order chi connectivity index (χ1) is 11.1. The fourth-order valence-electron chi connectivity index (χ4n) is 2.59. The number of aromatic nitrogens is 3. The Morgan fingerprint density at radius 1 is 1.35 bits per heavy atom. The van der Waals surface area contributed by atoms with Crippen molar-refractivity contribution in [1.82, 2.24) is 15.2 Å². The quantitative estimate of drug-likeness (QED) is 0.810. The molecule has 7 nitrogen and oxygen atoms in total. The third-order valence-corrected chi connectivity index (χ3v) is 6.21. The van der Waals surface area contributed by atoms with Crippen LogP contribution in [0.25, 0.3) is 0 Å². The second-order valence-corrected chi connectivity index (χ2v) is 8.43. The molecule has 0 spiro atoms. The third-order valence-electron chi connectivity index (χ3n) is 3.60.